The third-order valence-corrected chi connectivity index (χ3v) is 4.55. The second-order valence-electron chi connectivity index (χ2n) is 5.75. The first kappa shape index (κ1) is 17.0. The van der Waals surface area contributed by atoms with E-state index in [-0.39, 0.29) is 11.6 Å². The summed E-state index contributed by atoms with van der Waals surface area (Å²) in [5, 5.41) is 3.28. The predicted octanol–water partition coefficient (Wildman–Crippen LogP) is 3.29. The van der Waals surface area contributed by atoms with Crippen molar-refractivity contribution in [1.29, 1.82) is 0 Å². The van der Waals surface area contributed by atoms with Gasteiger partial charge in [-0.25, -0.2) is 9.97 Å². The maximum atomic E-state index is 12.4. The average molecular weight is 325 g/mol. The zero-order valence-corrected chi connectivity index (χ0v) is 14.2. The van der Waals surface area contributed by atoms with Crippen LogP contribution in [0.5, 0.6) is 0 Å². The number of carbonyl (C=O) groups excluding carboxylic acids is 1. The molecule has 5 nitrogen and oxygen atoms in total. The molecule has 1 aliphatic rings. The molecule has 122 valence electrons. The van der Waals surface area contributed by atoms with Crippen molar-refractivity contribution >= 4 is 23.5 Å². The Bertz CT molecular complexity index is 499. The second kappa shape index (κ2) is 8.32. The van der Waals surface area contributed by atoms with Gasteiger partial charge in [0.1, 0.15) is 0 Å². The number of rotatable bonds is 6. The summed E-state index contributed by atoms with van der Waals surface area (Å²) in [6, 6.07) is 0. The first-order valence-corrected chi connectivity index (χ1v) is 8.59. The van der Waals surface area contributed by atoms with E-state index in [1.165, 1.54) is 38.3 Å². The Morgan fingerprint density at radius 2 is 2.00 bits per heavy atom. The zero-order chi connectivity index (χ0) is 15.9. The SMILES string of the molecule is CCN(CC)c1ncc(Cl)c(C(=O)NCC2CCCCC2)n1. The van der Waals surface area contributed by atoms with Gasteiger partial charge in [-0.3, -0.25) is 4.79 Å². The highest BCUT2D eigenvalue weighted by Crippen LogP contribution is 2.23. The Labute approximate surface area is 137 Å². The summed E-state index contributed by atoms with van der Waals surface area (Å²) in [6.45, 7) is 6.36. The molecule has 0 spiro atoms. The lowest BCUT2D eigenvalue weighted by Crippen LogP contribution is -2.32. The number of nitrogens with one attached hydrogen (secondary N) is 1. The fourth-order valence-electron chi connectivity index (χ4n) is 2.89. The number of hydrogen-bond acceptors (Lipinski definition) is 4. The van der Waals surface area contributed by atoms with E-state index in [1.54, 1.807) is 0 Å². The summed E-state index contributed by atoms with van der Waals surface area (Å²) in [6.07, 6.45) is 7.75. The zero-order valence-electron chi connectivity index (χ0n) is 13.4. The van der Waals surface area contributed by atoms with Gasteiger partial charge >= 0.3 is 0 Å². The van der Waals surface area contributed by atoms with Crippen molar-refractivity contribution in [3.63, 3.8) is 0 Å². The third kappa shape index (κ3) is 4.32. The maximum absolute atomic E-state index is 12.4. The van der Waals surface area contributed by atoms with Gasteiger partial charge in [0.2, 0.25) is 5.95 Å². The van der Waals surface area contributed by atoms with Crippen LogP contribution < -0.4 is 10.2 Å². The summed E-state index contributed by atoms with van der Waals surface area (Å²) in [5.41, 5.74) is 0.273. The van der Waals surface area contributed by atoms with Crippen LogP contribution >= 0.6 is 11.6 Å². The standard InChI is InChI=1S/C16H25ClN4O/c1-3-21(4-2)16-19-11-13(17)14(20-16)15(22)18-10-12-8-6-5-7-9-12/h11-12H,3-10H2,1-2H3,(H,18,22). The molecular weight excluding hydrogens is 300 g/mol. The Hall–Kier alpha value is -1.36. The van der Waals surface area contributed by atoms with Crippen molar-refractivity contribution in [2.75, 3.05) is 24.5 Å². The van der Waals surface area contributed by atoms with Crippen molar-refractivity contribution in [3.05, 3.63) is 16.9 Å². The average Bonchev–Trinajstić information content (AvgIpc) is 2.56. The van der Waals surface area contributed by atoms with Gasteiger partial charge in [0.25, 0.3) is 5.91 Å². The van der Waals surface area contributed by atoms with Crippen LogP contribution in [0.1, 0.15) is 56.4 Å². The molecule has 0 saturated heterocycles. The number of hydrogen-bond donors (Lipinski definition) is 1. The third-order valence-electron chi connectivity index (χ3n) is 4.27. The molecule has 1 N–H and O–H groups in total. The first-order chi connectivity index (χ1) is 10.7. The second-order valence-corrected chi connectivity index (χ2v) is 6.16. The van der Waals surface area contributed by atoms with Gasteiger partial charge in [-0.2, -0.15) is 0 Å². The molecule has 6 heteroatoms. The fourth-order valence-corrected chi connectivity index (χ4v) is 3.06. The van der Waals surface area contributed by atoms with E-state index in [9.17, 15) is 4.79 Å². The van der Waals surface area contributed by atoms with Gasteiger partial charge in [0.15, 0.2) is 5.69 Å². The van der Waals surface area contributed by atoms with E-state index in [2.05, 4.69) is 15.3 Å². The fraction of sp³-hybridized carbons (Fsp3) is 0.688. The number of aromatic nitrogens is 2. The highest BCUT2D eigenvalue weighted by atomic mass is 35.5. The minimum absolute atomic E-state index is 0.202. The summed E-state index contributed by atoms with van der Waals surface area (Å²) in [4.78, 5) is 22.9. The van der Waals surface area contributed by atoms with Crippen LogP contribution in [-0.2, 0) is 0 Å². The molecule has 1 aromatic heterocycles. The molecule has 0 aliphatic heterocycles. The van der Waals surface area contributed by atoms with Gasteiger partial charge in [0, 0.05) is 19.6 Å². The molecular formula is C16H25ClN4O. The normalized spacial score (nSPS) is 15.6. The summed E-state index contributed by atoms with van der Waals surface area (Å²) < 4.78 is 0. The van der Waals surface area contributed by atoms with Crippen LogP contribution in [0.25, 0.3) is 0 Å². The van der Waals surface area contributed by atoms with E-state index in [0.29, 0.717) is 23.4 Å². The van der Waals surface area contributed by atoms with E-state index < -0.39 is 0 Å². The molecule has 22 heavy (non-hydrogen) atoms. The molecule has 2 rings (SSSR count). The van der Waals surface area contributed by atoms with E-state index in [4.69, 9.17) is 11.6 Å². The van der Waals surface area contributed by atoms with E-state index in [1.807, 2.05) is 18.7 Å². The first-order valence-electron chi connectivity index (χ1n) is 8.21. The molecule has 1 saturated carbocycles. The molecule has 1 fully saturated rings. The topological polar surface area (TPSA) is 58.1 Å². The monoisotopic (exact) mass is 324 g/mol. The number of nitrogens with zero attached hydrogens (tertiary/aromatic N) is 3. The van der Waals surface area contributed by atoms with Crippen molar-refractivity contribution in [2.24, 2.45) is 5.92 Å². The van der Waals surface area contributed by atoms with Crippen LogP contribution in [0.4, 0.5) is 5.95 Å². The Morgan fingerprint density at radius 1 is 1.32 bits per heavy atom. The molecule has 1 aliphatic carbocycles. The summed E-state index contributed by atoms with van der Waals surface area (Å²) >= 11 is 6.10. The molecule has 0 aromatic carbocycles. The summed E-state index contributed by atoms with van der Waals surface area (Å²) in [5.74, 6) is 0.934. The van der Waals surface area contributed by atoms with Crippen LogP contribution in [-0.4, -0.2) is 35.5 Å². The highest BCUT2D eigenvalue weighted by molar-refractivity contribution is 6.33. The lowest BCUT2D eigenvalue weighted by molar-refractivity contribution is 0.0938. The van der Waals surface area contributed by atoms with Crippen molar-refractivity contribution in [3.8, 4) is 0 Å². The molecule has 1 amide bonds. The van der Waals surface area contributed by atoms with Gasteiger partial charge in [-0.1, -0.05) is 30.9 Å². The van der Waals surface area contributed by atoms with Crippen LogP contribution in [0, 0.1) is 5.92 Å². The number of anilines is 1. The van der Waals surface area contributed by atoms with E-state index >= 15 is 0 Å². The molecule has 0 radical (unpaired) electrons. The van der Waals surface area contributed by atoms with E-state index in [0.717, 1.165) is 13.1 Å². The Morgan fingerprint density at radius 3 is 2.64 bits per heavy atom. The lowest BCUT2D eigenvalue weighted by atomic mass is 9.89. The number of halogens is 1. The highest BCUT2D eigenvalue weighted by Gasteiger charge is 2.19. The lowest BCUT2D eigenvalue weighted by Gasteiger charge is -2.22. The van der Waals surface area contributed by atoms with Gasteiger partial charge in [-0.05, 0) is 32.6 Å². The molecule has 0 atom stereocenters. The van der Waals surface area contributed by atoms with Crippen LogP contribution in [0.3, 0.4) is 0 Å². The smallest absolute Gasteiger partial charge is 0.271 e. The minimum atomic E-state index is -0.202. The largest absolute Gasteiger partial charge is 0.350 e. The number of carbonyl (C=O) groups is 1. The van der Waals surface area contributed by atoms with Crippen LogP contribution in [0.15, 0.2) is 6.20 Å². The maximum Gasteiger partial charge on any atom is 0.271 e. The molecule has 1 aromatic rings. The quantitative estimate of drug-likeness (QED) is 0.872. The Kier molecular flexibility index (Phi) is 6.43. The molecule has 0 bridgehead atoms. The molecule has 0 unspecified atom stereocenters. The van der Waals surface area contributed by atoms with Gasteiger partial charge in [0.05, 0.1) is 11.2 Å². The van der Waals surface area contributed by atoms with Crippen molar-refractivity contribution in [2.45, 2.75) is 46.0 Å². The van der Waals surface area contributed by atoms with Gasteiger partial charge in [-0.15, -0.1) is 0 Å². The molecule has 1 heterocycles. The van der Waals surface area contributed by atoms with Crippen molar-refractivity contribution in [1.82, 2.24) is 15.3 Å². The van der Waals surface area contributed by atoms with Crippen LogP contribution in [0.2, 0.25) is 5.02 Å². The van der Waals surface area contributed by atoms with Gasteiger partial charge < -0.3 is 10.2 Å². The Balaban J connectivity index is 2.02. The predicted molar refractivity (Wildman–Crippen MR) is 89.5 cm³/mol. The van der Waals surface area contributed by atoms with Crippen molar-refractivity contribution < 1.29 is 4.79 Å². The number of amides is 1. The minimum Gasteiger partial charge on any atom is -0.350 e. The summed E-state index contributed by atoms with van der Waals surface area (Å²) in [7, 11) is 0.